The Kier molecular flexibility index (Phi) is 6.16. The highest BCUT2D eigenvalue weighted by atomic mass is 32.2. The number of methoxy groups -OCH3 is 1. The minimum atomic E-state index is -3.02. The number of rotatable bonds is 8. The molecule has 0 aliphatic heterocycles. The lowest BCUT2D eigenvalue weighted by Gasteiger charge is -2.15. The Morgan fingerprint density at radius 2 is 1.88 bits per heavy atom. The molecule has 0 saturated heterocycles. The first-order chi connectivity index (χ1) is 11.4. The Labute approximate surface area is 142 Å². The quantitative estimate of drug-likeness (QED) is 0.788. The van der Waals surface area contributed by atoms with E-state index in [0.717, 1.165) is 5.56 Å². The summed E-state index contributed by atoms with van der Waals surface area (Å²) in [6, 6.07) is 10.9. The lowest BCUT2D eigenvalue weighted by atomic mass is 10.2. The fraction of sp³-hybridized carbons (Fsp3) is 0.353. The SMILES string of the molecule is COc1ccccc1Oc1ncccc1CN[C@H](C)CS(C)(=O)=O. The summed E-state index contributed by atoms with van der Waals surface area (Å²) < 4.78 is 33.8. The lowest BCUT2D eigenvalue weighted by Crippen LogP contribution is -2.32. The van der Waals surface area contributed by atoms with Gasteiger partial charge in [-0.3, -0.25) is 0 Å². The summed E-state index contributed by atoms with van der Waals surface area (Å²) in [5.74, 6) is 1.73. The highest BCUT2D eigenvalue weighted by Crippen LogP contribution is 2.31. The van der Waals surface area contributed by atoms with Crippen molar-refractivity contribution in [2.24, 2.45) is 0 Å². The van der Waals surface area contributed by atoms with E-state index in [-0.39, 0.29) is 11.8 Å². The van der Waals surface area contributed by atoms with Gasteiger partial charge in [-0.25, -0.2) is 13.4 Å². The molecule has 0 fully saturated rings. The molecule has 130 valence electrons. The zero-order valence-electron chi connectivity index (χ0n) is 14.0. The molecule has 0 radical (unpaired) electrons. The molecular formula is C17H22N2O4S. The predicted molar refractivity (Wildman–Crippen MR) is 93.3 cm³/mol. The van der Waals surface area contributed by atoms with Gasteiger partial charge in [-0.2, -0.15) is 0 Å². The van der Waals surface area contributed by atoms with E-state index in [0.29, 0.717) is 23.9 Å². The number of aromatic nitrogens is 1. The van der Waals surface area contributed by atoms with Crippen LogP contribution in [0.3, 0.4) is 0 Å². The molecule has 0 amide bonds. The number of para-hydroxylation sites is 2. The number of hydrogen-bond donors (Lipinski definition) is 1. The van der Waals surface area contributed by atoms with Crippen molar-refractivity contribution in [1.29, 1.82) is 0 Å². The van der Waals surface area contributed by atoms with Crippen molar-refractivity contribution in [2.75, 3.05) is 19.1 Å². The lowest BCUT2D eigenvalue weighted by molar-refractivity contribution is 0.371. The molecule has 0 saturated carbocycles. The van der Waals surface area contributed by atoms with Gasteiger partial charge in [0.15, 0.2) is 11.5 Å². The summed E-state index contributed by atoms with van der Waals surface area (Å²) in [6.45, 7) is 2.28. The Morgan fingerprint density at radius 3 is 2.54 bits per heavy atom. The summed E-state index contributed by atoms with van der Waals surface area (Å²) in [6.07, 6.45) is 2.87. The largest absolute Gasteiger partial charge is 0.493 e. The molecule has 1 N–H and O–H groups in total. The summed E-state index contributed by atoms with van der Waals surface area (Å²) in [4.78, 5) is 4.27. The van der Waals surface area contributed by atoms with Crippen LogP contribution >= 0.6 is 0 Å². The minimum absolute atomic E-state index is 0.0793. The van der Waals surface area contributed by atoms with Gasteiger partial charge in [0.2, 0.25) is 5.88 Å². The van der Waals surface area contributed by atoms with Crippen molar-refractivity contribution in [3.05, 3.63) is 48.2 Å². The monoisotopic (exact) mass is 350 g/mol. The second kappa shape index (κ2) is 8.12. The molecule has 24 heavy (non-hydrogen) atoms. The summed E-state index contributed by atoms with van der Waals surface area (Å²) in [5.41, 5.74) is 0.837. The van der Waals surface area contributed by atoms with Gasteiger partial charge in [-0.1, -0.05) is 18.2 Å². The number of nitrogens with zero attached hydrogens (tertiary/aromatic N) is 1. The van der Waals surface area contributed by atoms with Crippen molar-refractivity contribution in [2.45, 2.75) is 19.5 Å². The standard InChI is InChI=1S/C17H22N2O4S/c1-13(12-24(3,20)21)19-11-14-7-6-10-18-17(14)23-16-9-5-4-8-15(16)22-2/h4-10,13,19H,11-12H2,1-3H3/t13-/m1/s1. The first kappa shape index (κ1) is 18.2. The molecule has 0 bridgehead atoms. The molecule has 0 unspecified atom stereocenters. The van der Waals surface area contributed by atoms with E-state index in [9.17, 15) is 8.42 Å². The van der Waals surface area contributed by atoms with Crippen LogP contribution in [0.4, 0.5) is 0 Å². The molecular weight excluding hydrogens is 328 g/mol. The van der Waals surface area contributed by atoms with Crippen molar-refractivity contribution >= 4 is 9.84 Å². The van der Waals surface area contributed by atoms with Gasteiger partial charge in [0.25, 0.3) is 0 Å². The average Bonchev–Trinajstić information content (AvgIpc) is 2.53. The van der Waals surface area contributed by atoms with Crippen LogP contribution in [0, 0.1) is 0 Å². The summed E-state index contributed by atoms with van der Waals surface area (Å²) >= 11 is 0. The molecule has 0 aliphatic rings. The molecule has 1 atom stereocenters. The smallest absolute Gasteiger partial charge is 0.223 e. The van der Waals surface area contributed by atoms with Crippen molar-refractivity contribution in [3.8, 4) is 17.4 Å². The van der Waals surface area contributed by atoms with Gasteiger partial charge in [0.05, 0.1) is 12.9 Å². The van der Waals surface area contributed by atoms with Crippen molar-refractivity contribution in [1.82, 2.24) is 10.3 Å². The van der Waals surface area contributed by atoms with Crippen LogP contribution in [0.2, 0.25) is 0 Å². The second-order valence-corrected chi connectivity index (χ2v) is 7.78. The normalized spacial score (nSPS) is 12.6. The number of sulfone groups is 1. The van der Waals surface area contributed by atoms with Gasteiger partial charge in [0, 0.05) is 30.6 Å². The maximum Gasteiger partial charge on any atom is 0.223 e. The highest BCUT2D eigenvalue weighted by Gasteiger charge is 2.13. The van der Waals surface area contributed by atoms with E-state index in [4.69, 9.17) is 9.47 Å². The van der Waals surface area contributed by atoms with Crippen LogP contribution in [-0.4, -0.2) is 38.6 Å². The number of nitrogens with one attached hydrogen (secondary N) is 1. The first-order valence-electron chi connectivity index (χ1n) is 7.55. The van der Waals surface area contributed by atoms with Gasteiger partial charge in [-0.15, -0.1) is 0 Å². The molecule has 1 aromatic heterocycles. The van der Waals surface area contributed by atoms with Gasteiger partial charge in [0.1, 0.15) is 9.84 Å². The van der Waals surface area contributed by atoms with E-state index in [2.05, 4.69) is 10.3 Å². The van der Waals surface area contributed by atoms with E-state index in [1.165, 1.54) is 6.26 Å². The van der Waals surface area contributed by atoms with Crippen LogP contribution in [-0.2, 0) is 16.4 Å². The van der Waals surface area contributed by atoms with Crippen LogP contribution in [0.1, 0.15) is 12.5 Å². The van der Waals surface area contributed by atoms with Crippen LogP contribution in [0.5, 0.6) is 17.4 Å². The number of pyridine rings is 1. The summed E-state index contributed by atoms with van der Waals surface area (Å²) in [7, 11) is -1.44. The van der Waals surface area contributed by atoms with Gasteiger partial charge >= 0.3 is 0 Å². The Balaban J connectivity index is 2.10. The molecule has 6 nitrogen and oxygen atoms in total. The molecule has 0 spiro atoms. The van der Waals surface area contributed by atoms with Crippen LogP contribution in [0.25, 0.3) is 0 Å². The third-order valence-electron chi connectivity index (χ3n) is 3.32. The number of ether oxygens (including phenoxy) is 2. The van der Waals surface area contributed by atoms with E-state index in [1.54, 1.807) is 19.4 Å². The third kappa shape index (κ3) is 5.50. The Hall–Kier alpha value is -2.12. The van der Waals surface area contributed by atoms with E-state index in [1.807, 2.05) is 37.3 Å². The van der Waals surface area contributed by atoms with Gasteiger partial charge < -0.3 is 14.8 Å². The predicted octanol–water partition coefficient (Wildman–Crippen LogP) is 2.41. The zero-order chi connectivity index (χ0) is 17.6. The molecule has 0 aliphatic carbocycles. The van der Waals surface area contributed by atoms with Crippen LogP contribution in [0.15, 0.2) is 42.6 Å². The molecule has 1 aromatic carbocycles. The van der Waals surface area contributed by atoms with Gasteiger partial charge in [-0.05, 0) is 25.1 Å². The average molecular weight is 350 g/mol. The number of benzene rings is 1. The zero-order valence-corrected chi connectivity index (χ0v) is 14.8. The molecule has 2 rings (SSSR count). The topological polar surface area (TPSA) is 77.5 Å². The minimum Gasteiger partial charge on any atom is -0.493 e. The number of hydrogen-bond acceptors (Lipinski definition) is 6. The maximum absolute atomic E-state index is 11.3. The first-order valence-corrected chi connectivity index (χ1v) is 9.61. The molecule has 7 heteroatoms. The van der Waals surface area contributed by atoms with E-state index >= 15 is 0 Å². The summed E-state index contributed by atoms with van der Waals surface area (Å²) in [5, 5.41) is 3.18. The Bertz CT molecular complexity index is 778. The fourth-order valence-electron chi connectivity index (χ4n) is 2.26. The third-order valence-corrected chi connectivity index (χ3v) is 4.42. The molecule has 1 heterocycles. The highest BCUT2D eigenvalue weighted by molar-refractivity contribution is 7.90. The maximum atomic E-state index is 11.3. The van der Waals surface area contributed by atoms with Crippen LogP contribution < -0.4 is 14.8 Å². The van der Waals surface area contributed by atoms with E-state index < -0.39 is 9.84 Å². The molecule has 2 aromatic rings. The van der Waals surface area contributed by atoms with Crippen molar-refractivity contribution in [3.63, 3.8) is 0 Å². The van der Waals surface area contributed by atoms with Crippen molar-refractivity contribution < 1.29 is 17.9 Å². The Morgan fingerprint density at radius 1 is 1.17 bits per heavy atom. The fourth-order valence-corrected chi connectivity index (χ4v) is 3.28. The second-order valence-electron chi connectivity index (χ2n) is 5.59.